The Hall–Kier alpha value is -0.160. The largest absolute Gasteiger partial charge is 0.384 e. The molecule has 0 N–H and O–H groups in total. The maximum atomic E-state index is 5.69. The molecule has 0 bridgehead atoms. The summed E-state index contributed by atoms with van der Waals surface area (Å²) in [4.78, 5) is 0. The fraction of sp³-hybridized carbons (Fsp3) is 1.00. The summed E-state index contributed by atoms with van der Waals surface area (Å²) in [6, 6.07) is 0. The maximum absolute atomic E-state index is 5.69. The van der Waals surface area contributed by atoms with E-state index < -0.39 is 0 Å². The standard InChI is InChI=1S/C17H32O2.C15H30O2/c1-18-13-17(14-19-2,15-9-5-3-6-10-15)16-11-7-4-8-12-16;1-13(2)15(11-16-3,12-17-4)10-14-8-6-5-7-9-14/h15-16H,3-14H2,1-2H3;13-14H,5-12H2,1-4H3. The number of rotatable bonds is 13. The number of hydrogen-bond donors (Lipinski definition) is 0. The van der Waals surface area contributed by atoms with Crippen LogP contribution in [0, 0.1) is 34.5 Å². The van der Waals surface area contributed by atoms with Crippen LogP contribution in [0.1, 0.15) is 117 Å². The monoisotopic (exact) mass is 510 g/mol. The summed E-state index contributed by atoms with van der Waals surface area (Å²) >= 11 is 0. The van der Waals surface area contributed by atoms with Gasteiger partial charge in [-0.1, -0.05) is 84.5 Å². The highest BCUT2D eigenvalue weighted by Crippen LogP contribution is 2.49. The topological polar surface area (TPSA) is 36.9 Å². The van der Waals surface area contributed by atoms with Gasteiger partial charge in [-0.3, -0.25) is 0 Å². The lowest BCUT2D eigenvalue weighted by atomic mass is 9.59. The second-order valence-corrected chi connectivity index (χ2v) is 12.9. The molecule has 0 heterocycles. The molecule has 0 atom stereocenters. The van der Waals surface area contributed by atoms with Crippen molar-refractivity contribution in [2.75, 3.05) is 54.9 Å². The van der Waals surface area contributed by atoms with Crippen LogP contribution in [0.4, 0.5) is 0 Å². The van der Waals surface area contributed by atoms with E-state index in [9.17, 15) is 0 Å². The Morgan fingerprint density at radius 2 is 0.889 bits per heavy atom. The Balaban J connectivity index is 0.000000255. The van der Waals surface area contributed by atoms with Crippen LogP contribution in [0.25, 0.3) is 0 Å². The third-order valence-corrected chi connectivity index (χ3v) is 10.2. The van der Waals surface area contributed by atoms with Crippen LogP contribution in [-0.4, -0.2) is 54.9 Å². The summed E-state index contributed by atoms with van der Waals surface area (Å²) in [7, 11) is 7.37. The van der Waals surface area contributed by atoms with E-state index in [4.69, 9.17) is 18.9 Å². The zero-order valence-corrected chi connectivity index (χ0v) is 25.1. The van der Waals surface area contributed by atoms with Crippen molar-refractivity contribution in [3.63, 3.8) is 0 Å². The predicted octanol–water partition coefficient (Wildman–Crippen LogP) is 8.32. The lowest BCUT2D eigenvalue weighted by Gasteiger charge is -2.48. The Kier molecular flexibility index (Phi) is 15.5. The van der Waals surface area contributed by atoms with Crippen LogP contribution < -0.4 is 0 Å². The molecule has 4 heteroatoms. The smallest absolute Gasteiger partial charge is 0.0546 e. The second kappa shape index (κ2) is 17.4. The van der Waals surface area contributed by atoms with E-state index in [-0.39, 0.29) is 5.41 Å². The van der Waals surface area contributed by atoms with Gasteiger partial charge in [-0.25, -0.2) is 0 Å². The molecule has 0 unspecified atom stereocenters. The summed E-state index contributed by atoms with van der Waals surface area (Å²) in [5.74, 6) is 3.15. The average molecular weight is 511 g/mol. The van der Waals surface area contributed by atoms with Crippen molar-refractivity contribution < 1.29 is 18.9 Å². The lowest BCUT2D eigenvalue weighted by Crippen LogP contribution is -2.47. The van der Waals surface area contributed by atoms with Crippen LogP contribution in [0.2, 0.25) is 0 Å². The Morgan fingerprint density at radius 1 is 0.528 bits per heavy atom. The number of hydrogen-bond acceptors (Lipinski definition) is 4. The van der Waals surface area contributed by atoms with Crippen molar-refractivity contribution in [1.82, 2.24) is 0 Å². The van der Waals surface area contributed by atoms with Crippen molar-refractivity contribution in [1.29, 1.82) is 0 Å². The summed E-state index contributed by atoms with van der Waals surface area (Å²) < 4.78 is 22.3. The van der Waals surface area contributed by atoms with Crippen LogP contribution >= 0.6 is 0 Å². The third kappa shape index (κ3) is 9.24. The molecule has 0 spiro atoms. The summed E-state index contributed by atoms with van der Waals surface area (Å²) in [5.41, 5.74) is 0.510. The SMILES string of the molecule is COCC(COC)(C1CCCCC1)C1CCCCC1.COCC(COC)(CC1CCCCC1)C(C)C. The molecular weight excluding hydrogens is 448 g/mol. The zero-order valence-electron chi connectivity index (χ0n) is 25.1. The van der Waals surface area contributed by atoms with Gasteiger partial charge in [0.25, 0.3) is 0 Å². The van der Waals surface area contributed by atoms with Crippen molar-refractivity contribution in [2.45, 2.75) is 117 Å². The first-order chi connectivity index (χ1) is 17.5. The van der Waals surface area contributed by atoms with Crippen LogP contribution in [0.3, 0.4) is 0 Å². The molecule has 3 aliphatic rings. The molecular formula is C32H62O4. The molecule has 0 aliphatic heterocycles. The molecule has 0 aromatic rings. The minimum Gasteiger partial charge on any atom is -0.384 e. The van der Waals surface area contributed by atoms with Gasteiger partial charge >= 0.3 is 0 Å². The van der Waals surface area contributed by atoms with Gasteiger partial charge in [-0.05, 0) is 55.8 Å². The molecule has 3 fully saturated rings. The molecule has 36 heavy (non-hydrogen) atoms. The van der Waals surface area contributed by atoms with Gasteiger partial charge in [0.1, 0.15) is 0 Å². The number of ether oxygens (including phenoxy) is 4. The van der Waals surface area contributed by atoms with E-state index in [1.807, 2.05) is 28.4 Å². The molecule has 214 valence electrons. The van der Waals surface area contributed by atoms with E-state index in [0.717, 1.165) is 44.2 Å². The maximum Gasteiger partial charge on any atom is 0.0546 e. The van der Waals surface area contributed by atoms with E-state index in [1.54, 1.807) is 0 Å². The Labute approximate surface area is 224 Å². The minimum absolute atomic E-state index is 0.214. The number of methoxy groups -OCH3 is 4. The predicted molar refractivity (Wildman–Crippen MR) is 152 cm³/mol. The molecule has 0 saturated heterocycles. The normalized spacial score (nSPS) is 21.4. The van der Waals surface area contributed by atoms with E-state index in [2.05, 4.69) is 13.8 Å². The third-order valence-electron chi connectivity index (χ3n) is 10.2. The van der Waals surface area contributed by atoms with Crippen molar-refractivity contribution in [3.8, 4) is 0 Å². The first kappa shape index (κ1) is 32.1. The molecule has 0 radical (unpaired) electrons. The summed E-state index contributed by atoms with van der Waals surface area (Å²) in [5, 5.41) is 0. The second-order valence-electron chi connectivity index (χ2n) is 12.9. The summed E-state index contributed by atoms with van der Waals surface area (Å²) in [6.07, 6.45) is 22.4. The fourth-order valence-corrected chi connectivity index (χ4v) is 8.01. The van der Waals surface area contributed by atoms with Crippen molar-refractivity contribution in [2.24, 2.45) is 34.5 Å². The quantitative estimate of drug-likeness (QED) is 0.250. The highest BCUT2D eigenvalue weighted by Gasteiger charge is 2.45. The van der Waals surface area contributed by atoms with Crippen LogP contribution in [0.15, 0.2) is 0 Å². The van der Waals surface area contributed by atoms with E-state index in [0.29, 0.717) is 11.3 Å². The first-order valence-electron chi connectivity index (χ1n) is 15.4. The molecule has 0 amide bonds. The Morgan fingerprint density at radius 3 is 1.22 bits per heavy atom. The average Bonchev–Trinajstić information content (AvgIpc) is 2.90. The molecule has 0 aromatic heterocycles. The van der Waals surface area contributed by atoms with Crippen LogP contribution in [0.5, 0.6) is 0 Å². The van der Waals surface area contributed by atoms with E-state index in [1.165, 1.54) is 103 Å². The van der Waals surface area contributed by atoms with Gasteiger partial charge in [-0.15, -0.1) is 0 Å². The molecule has 3 rings (SSSR count). The molecule has 3 aliphatic carbocycles. The van der Waals surface area contributed by atoms with Gasteiger partial charge in [0, 0.05) is 39.3 Å². The van der Waals surface area contributed by atoms with Crippen molar-refractivity contribution >= 4 is 0 Å². The fourth-order valence-electron chi connectivity index (χ4n) is 8.01. The van der Waals surface area contributed by atoms with Crippen LogP contribution in [-0.2, 0) is 18.9 Å². The Bertz CT molecular complexity index is 498. The highest BCUT2D eigenvalue weighted by molar-refractivity contribution is 4.94. The van der Waals surface area contributed by atoms with E-state index >= 15 is 0 Å². The van der Waals surface area contributed by atoms with Gasteiger partial charge in [0.2, 0.25) is 0 Å². The van der Waals surface area contributed by atoms with Gasteiger partial charge in [0.15, 0.2) is 0 Å². The van der Waals surface area contributed by atoms with Gasteiger partial charge in [-0.2, -0.15) is 0 Å². The highest BCUT2D eigenvalue weighted by atomic mass is 16.5. The van der Waals surface area contributed by atoms with Gasteiger partial charge in [0.05, 0.1) is 26.4 Å². The lowest BCUT2D eigenvalue weighted by molar-refractivity contribution is -0.0888. The molecule has 0 aromatic carbocycles. The molecule has 4 nitrogen and oxygen atoms in total. The van der Waals surface area contributed by atoms with Gasteiger partial charge < -0.3 is 18.9 Å². The zero-order chi connectivity index (χ0) is 26.3. The van der Waals surface area contributed by atoms with Crippen molar-refractivity contribution in [3.05, 3.63) is 0 Å². The minimum atomic E-state index is 0.214. The first-order valence-corrected chi connectivity index (χ1v) is 15.4. The molecule has 3 saturated carbocycles. The summed E-state index contributed by atoms with van der Waals surface area (Å²) in [6.45, 7) is 8.07.